The molecule has 3 heteroatoms. The van der Waals surface area contributed by atoms with Crippen molar-refractivity contribution in [1.29, 1.82) is 0 Å². The molecule has 1 saturated heterocycles. The van der Waals surface area contributed by atoms with E-state index >= 15 is 0 Å². The topological polar surface area (TPSA) is 38.3 Å². The van der Waals surface area contributed by atoms with Crippen molar-refractivity contribution < 1.29 is 9.53 Å². The summed E-state index contributed by atoms with van der Waals surface area (Å²) < 4.78 is 5.40. The van der Waals surface area contributed by atoms with Gasteiger partial charge in [0.1, 0.15) is 6.23 Å². The lowest BCUT2D eigenvalue weighted by atomic mass is 10.2. The van der Waals surface area contributed by atoms with Crippen molar-refractivity contribution in [1.82, 2.24) is 5.32 Å². The first-order chi connectivity index (χ1) is 5.18. The van der Waals surface area contributed by atoms with E-state index in [1.807, 2.05) is 0 Å². The zero-order valence-electron chi connectivity index (χ0n) is 7.09. The van der Waals surface area contributed by atoms with Crippen molar-refractivity contribution in [2.45, 2.75) is 32.9 Å². The van der Waals surface area contributed by atoms with Gasteiger partial charge in [0, 0.05) is 12.8 Å². The van der Waals surface area contributed by atoms with Crippen molar-refractivity contribution in [3.8, 4) is 0 Å². The first kappa shape index (κ1) is 8.53. The molecule has 1 heterocycles. The molecule has 0 radical (unpaired) electrons. The number of ether oxygens (including phenoxy) is 1. The molecular weight excluding hydrogens is 142 g/mol. The molecule has 0 aliphatic carbocycles. The second-order valence-electron chi connectivity index (χ2n) is 3.32. The first-order valence-corrected chi connectivity index (χ1v) is 4.09. The molecule has 1 N–H and O–H groups in total. The summed E-state index contributed by atoms with van der Waals surface area (Å²) in [6.45, 7) is 4.92. The highest BCUT2D eigenvalue weighted by Crippen LogP contribution is 2.08. The second-order valence-corrected chi connectivity index (χ2v) is 3.32. The Hall–Kier alpha value is -0.570. The minimum Gasteiger partial charge on any atom is -0.358 e. The molecule has 0 spiro atoms. The van der Waals surface area contributed by atoms with E-state index < -0.39 is 0 Å². The molecular formula is C8H15NO2. The normalized spacial score (nSPS) is 24.3. The van der Waals surface area contributed by atoms with Crippen LogP contribution >= 0.6 is 0 Å². The maximum atomic E-state index is 10.7. The SMILES string of the molecule is CC(C)COC1CCC(=O)N1. The van der Waals surface area contributed by atoms with Gasteiger partial charge in [-0.1, -0.05) is 13.8 Å². The van der Waals surface area contributed by atoms with Gasteiger partial charge in [-0.2, -0.15) is 0 Å². The lowest BCUT2D eigenvalue weighted by molar-refractivity contribution is -0.120. The Bertz CT molecular complexity index is 145. The molecule has 0 aromatic carbocycles. The molecule has 3 nitrogen and oxygen atoms in total. The van der Waals surface area contributed by atoms with E-state index in [0.717, 1.165) is 13.0 Å². The van der Waals surface area contributed by atoms with Crippen LogP contribution in [0.3, 0.4) is 0 Å². The van der Waals surface area contributed by atoms with Gasteiger partial charge >= 0.3 is 0 Å². The Balaban J connectivity index is 2.13. The van der Waals surface area contributed by atoms with E-state index in [1.165, 1.54) is 0 Å². The van der Waals surface area contributed by atoms with Crippen LogP contribution in [-0.4, -0.2) is 18.7 Å². The molecule has 1 unspecified atom stereocenters. The molecule has 0 aromatic rings. The molecule has 0 aromatic heterocycles. The molecule has 11 heavy (non-hydrogen) atoms. The summed E-state index contributed by atoms with van der Waals surface area (Å²) in [5.41, 5.74) is 0. The fraction of sp³-hybridized carbons (Fsp3) is 0.875. The van der Waals surface area contributed by atoms with Gasteiger partial charge in [0.15, 0.2) is 0 Å². The molecule has 1 amide bonds. The summed E-state index contributed by atoms with van der Waals surface area (Å²) in [5.74, 6) is 0.645. The van der Waals surface area contributed by atoms with E-state index in [9.17, 15) is 4.79 Å². The third kappa shape index (κ3) is 2.89. The summed E-state index contributed by atoms with van der Waals surface area (Å²) >= 11 is 0. The second kappa shape index (κ2) is 3.72. The summed E-state index contributed by atoms with van der Waals surface area (Å²) in [7, 11) is 0. The predicted molar refractivity (Wildman–Crippen MR) is 42.0 cm³/mol. The van der Waals surface area contributed by atoms with Crippen LogP contribution in [0.1, 0.15) is 26.7 Å². The third-order valence-corrected chi connectivity index (χ3v) is 1.59. The highest BCUT2D eigenvalue weighted by molar-refractivity contribution is 5.78. The molecule has 0 saturated carbocycles. The van der Waals surface area contributed by atoms with Crippen LogP contribution in [0.5, 0.6) is 0 Å². The van der Waals surface area contributed by atoms with Crippen molar-refractivity contribution in [3.63, 3.8) is 0 Å². The Morgan fingerprint density at radius 3 is 2.91 bits per heavy atom. The monoisotopic (exact) mass is 157 g/mol. The number of hydrogen-bond acceptors (Lipinski definition) is 2. The van der Waals surface area contributed by atoms with Crippen LogP contribution in [0.25, 0.3) is 0 Å². The summed E-state index contributed by atoms with van der Waals surface area (Å²) in [6.07, 6.45) is 1.42. The molecule has 1 rings (SSSR count). The molecule has 1 aliphatic heterocycles. The fourth-order valence-corrected chi connectivity index (χ4v) is 1.02. The quantitative estimate of drug-likeness (QED) is 0.661. The molecule has 1 fully saturated rings. The summed E-state index contributed by atoms with van der Waals surface area (Å²) in [6, 6.07) is 0. The number of rotatable bonds is 3. The number of carbonyl (C=O) groups excluding carboxylic acids is 1. The molecule has 1 atom stereocenters. The van der Waals surface area contributed by atoms with E-state index in [0.29, 0.717) is 12.3 Å². The van der Waals surface area contributed by atoms with E-state index in [2.05, 4.69) is 19.2 Å². The fourth-order valence-electron chi connectivity index (χ4n) is 1.02. The zero-order valence-corrected chi connectivity index (χ0v) is 7.09. The van der Waals surface area contributed by atoms with Crippen molar-refractivity contribution in [2.24, 2.45) is 5.92 Å². The molecule has 0 bridgehead atoms. The smallest absolute Gasteiger partial charge is 0.222 e. The maximum absolute atomic E-state index is 10.7. The van der Waals surface area contributed by atoms with Crippen LogP contribution < -0.4 is 5.32 Å². The van der Waals surface area contributed by atoms with Crippen LogP contribution in [-0.2, 0) is 9.53 Å². The van der Waals surface area contributed by atoms with Crippen LogP contribution in [0.2, 0.25) is 0 Å². The highest BCUT2D eigenvalue weighted by Gasteiger charge is 2.20. The lowest BCUT2D eigenvalue weighted by Crippen LogP contribution is -2.29. The summed E-state index contributed by atoms with van der Waals surface area (Å²) in [4.78, 5) is 10.7. The summed E-state index contributed by atoms with van der Waals surface area (Å²) in [5, 5.41) is 2.75. The average molecular weight is 157 g/mol. The van der Waals surface area contributed by atoms with Crippen LogP contribution in [0.4, 0.5) is 0 Å². The van der Waals surface area contributed by atoms with Gasteiger partial charge in [-0.3, -0.25) is 4.79 Å². The highest BCUT2D eigenvalue weighted by atomic mass is 16.5. The number of nitrogens with one attached hydrogen (secondary N) is 1. The van der Waals surface area contributed by atoms with E-state index in [1.54, 1.807) is 0 Å². The maximum Gasteiger partial charge on any atom is 0.222 e. The Kier molecular flexibility index (Phi) is 2.88. The van der Waals surface area contributed by atoms with Crippen molar-refractivity contribution in [2.75, 3.05) is 6.61 Å². The Morgan fingerprint density at radius 2 is 2.45 bits per heavy atom. The Morgan fingerprint density at radius 1 is 1.73 bits per heavy atom. The van der Waals surface area contributed by atoms with Gasteiger partial charge in [-0.15, -0.1) is 0 Å². The molecule has 1 aliphatic rings. The van der Waals surface area contributed by atoms with Gasteiger partial charge in [0.2, 0.25) is 5.91 Å². The molecule has 64 valence electrons. The van der Waals surface area contributed by atoms with Gasteiger partial charge in [-0.25, -0.2) is 0 Å². The third-order valence-electron chi connectivity index (χ3n) is 1.59. The number of hydrogen-bond donors (Lipinski definition) is 1. The van der Waals surface area contributed by atoms with E-state index in [4.69, 9.17) is 4.74 Å². The largest absolute Gasteiger partial charge is 0.358 e. The van der Waals surface area contributed by atoms with E-state index in [-0.39, 0.29) is 12.1 Å². The van der Waals surface area contributed by atoms with Gasteiger partial charge < -0.3 is 10.1 Å². The number of carbonyl (C=O) groups is 1. The lowest BCUT2D eigenvalue weighted by Gasteiger charge is -2.12. The Labute approximate surface area is 67.1 Å². The van der Waals surface area contributed by atoms with Gasteiger partial charge in [-0.05, 0) is 5.92 Å². The van der Waals surface area contributed by atoms with Crippen molar-refractivity contribution >= 4 is 5.91 Å². The van der Waals surface area contributed by atoms with Crippen LogP contribution in [0, 0.1) is 5.92 Å². The van der Waals surface area contributed by atoms with Crippen molar-refractivity contribution in [3.05, 3.63) is 0 Å². The predicted octanol–water partition coefficient (Wildman–Crippen LogP) is 0.895. The average Bonchev–Trinajstić information content (AvgIpc) is 2.31. The minimum absolute atomic E-state index is 0.0232. The zero-order chi connectivity index (χ0) is 8.27. The number of amides is 1. The first-order valence-electron chi connectivity index (χ1n) is 4.09. The minimum atomic E-state index is -0.0232. The van der Waals surface area contributed by atoms with Gasteiger partial charge in [0.05, 0.1) is 6.61 Å². The van der Waals surface area contributed by atoms with Crippen LogP contribution in [0.15, 0.2) is 0 Å². The standard InChI is InChI=1S/C8H15NO2/c1-6(2)5-11-8-4-3-7(10)9-8/h6,8H,3-5H2,1-2H3,(H,9,10). The van der Waals surface area contributed by atoms with Gasteiger partial charge in [0.25, 0.3) is 0 Å².